The number of benzene rings is 1. The first kappa shape index (κ1) is 13.3. The van der Waals surface area contributed by atoms with Crippen molar-refractivity contribution in [3.05, 3.63) is 41.5 Å². The fourth-order valence-electron chi connectivity index (χ4n) is 3.15. The predicted molar refractivity (Wildman–Crippen MR) is 82.5 cm³/mol. The van der Waals surface area contributed by atoms with Crippen LogP contribution in [0.4, 0.5) is 0 Å². The summed E-state index contributed by atoms with van der Waals surface area (Å²) in [6, 6.07) is 8.78. The lowest BCUT2D eigenvalue weighted by Crippen LogP contribution is -2.21. The van der Waals surface area contributed by atoms with Crippen molar-refractivity contribution in [3.8, 4) is 0 Å². The SMILES string of the molecule is c1ccc2c(c1)SCC2c1nc(C2CCCCCN2)no1. The van der Waals surface area contributed by atoms with Gasteiger partial charge in [0, 0.05) is 10.6 Å². The van der Waals surface area contributed by atoms with Gasteiger partial charge in [0.2, 0.25) is 5.89 Å². The second-order valence-electron chi connectivity index (χ2n) is 5.75. The van der Waals surface area contributed by atoms with Gasteiger partial charge in [-0.1, -0.05) is 36.2 Å². The van der Waals surface area contributed by atoms with Crippen LogP contribution in [0.25, 0.3) is 0 Å². The number of hydrogen-bond acceptors (Lipinski definition) is 5. The quantitative estimate of drug-likeness (QED) is 0.920. The molecule has 0 spiro atoms. The second-order valence-corrected chi connectivity index (χ2v) is 6.81. The molecule has 1 aromatic carbocycles. The van der Waals surface area contributed by atoms with Crippen LogP contribution in [0.1, 0.15) is 54.9 Å². The topological polar surface area (TPSA) is 51.0 Å². The highest BCUT2D eigenvalue weighted by molar-refractivity contribution is 7.99. The Kier molecular flexibility index (Phi) is 3.69. The Morgan fingerprint density at radius 3 is 3.14 bits per heavy atom. The van der Waals surface area contributed by atoms with Crippen molar-refractivity contribution in [1.82, 2.24) is 15.5 Å². The first-order valence-electron chi connectivity index (χ1n) is 7.70. The molecule has 2 aromatic rings. The van der Waals surface area contributed by atoms with E-state index in [1.54, 1.807) is 0 Å². The van der Waals surface area contributed by atoms with E-state index < -0.39 is 0 Å². The van der Waals surface area contributed by atoms with Crippen LogP contribution >= 0.6 is 11.8 Å². The van der Waals surface area contributed by atoms with E-state index in [0.717, 1.165) is 30.4 Å². The summed E-state index contributed by atoms with van der Waals surface area (Å²) in [5.41, 5.74) is 1.33. The summed E-state index contributed by atoms with van der Waals surface area (Å²) in [6.07, 6.45) is 4.88. The minimum atomic E-state index is 0.248. The normalized spacial score (nSPS) is 25.5. The lowest BCUT2D eigenvalue weighted by Gasteiger charge is -2.10. The molecule has 110 valence electrons. The first-order chi connectivity index (χ1) is 10.4. The van der Waals surface area contributed by atoms with Gasteiger partial charge in [-0.15, -0.1) is 11.8 Å². The summed E-state index contributed by atoms with van der Waals surface area (Å²) < 4.78 is 5.59. The Labute approximate surface area is 128 Å². The van der Waals surface area contributed by atoms with Crippen LogP contribution in [-0.2, 0) is 0 Å². The van der Waals surface area contributed by atoms with Gasteiger partial charge in [-0.3, -0.25) is 0 Å². The fourth-order valence-corrected chi connectivity index (χ4v) is 4.37. The maximum absolute atomic E-state index is 5.59. The molecule has 2 atom stereocenters. The Hall–Kier alpha value is -1.33. The molecule has 4 nitrogen and oxygen atoms in total. The number of aromatic nitrogens is 2. The molecule has 0 saturated carbocycles. The minimum Gasteiger partial charge on any atom is -0.339 e. The van der Waals surface area contributed by atoms with Gasteiger partial charge in [0.15, 0.2) is 5.82 Å². The van der Waals surface area contributed by atoms with Gasteiger partial charge in [0.05, 0.1) is 12.0 Å². The lowest BCUT2D eigenvalue weighted by molar-refractivity contribution is 0.358. The molecular weight excluding hydrogens is 282 g/mol. The van der Waals surface area contributed by atoms with Crippen molar-refractivity contribution < 1.29 is 4.52 Å². The molecule has 1 aromatic heterocycles. The van der Waals surface area contributed by atoms with Crippen molar-refractivity contribution in [2.75, 3.05) is 12.3 Å². The molecule has 1 fully saturated rings. The Bertz CT molecular complexity index is 619. The number of nitrogens with zero attached hydrogens (tertiary/aromatic N) is 2. The van der Waals surface area contributed by atoms with Crippen LogP contribution in [0.2, 0.25) is 0 Å². The summed E-state index contributed by atoms with van der Waals surface area (Å²) in [6.45, 7) is 1.05. The third-order valence-electron chi connectivity index (χ3n) is 4.33. The summed E-state index contributed by atoms with van der Waals surface area (Å²) in [5.74, 6) is 2.85. The molecule has 21 heavy (non-hydrogen) atoms. The number of nitrogens with one attached hydrogen (secondary N) is 1. The van der Waals surface area contributed by atoms with Gasteiger partial charge < -0.3 is 9.84 Å². The molecule has 3 heterocycles. The largest absolute Gasteiger partial charge is 0.339 e. The van der Waals surface area contributed by atoms with Crippen LogP contribution < -0.4 is 5.32 Å². The van der Waals surface area contributed by atoms with Gasteiger partial charge in [0.1, 0.15) is 0 Å². The van der Waals surface area contributed by atoms with Crippen molar-refractivity contribution in [3.63, 3.8) is 0 Å². The number of hydrogen-bond donors (Lipinski definition) is 1. The van der Waals surface area contributed by atoms with Crippen LogP contribution in [0.5, 0.6) is 0 Å². The molecule has 1 N–H and O–H groups in total. The molecule has 0 radical (unpaired) electrons. The number of rotatable bonds is 2. The smallest absolute Gasteiger partial charge is 0.235 e. The molecule has 0 aliphatic carbocycles. The first-order valence-corrected chi connectivity index (χ1v) is 8.69. The van der Waals surface area contributed by atoms with Crippen LogP contribution in [0.3, 0.4) is 0 Å². The zero-order valence-corrected chi connectivity index (χ0v) is 12.7. The molecule has 4 rings (SSSR count). The van der Waals surface area contributed by atoms with E-state index in [1.165, 1.54) is 29.7 Å². The molecule has 2 unspecified atom stereocenters. The molecular formula is C16H19N3OS. The molecule has 2 aliphatic rings. The van der Waals surface area contributed by atoms with E-state index in [-0.39, 0.29) is 12.0 Å². The monoisotopic (exact) mass is 301 g/mol. The van der Waals surface area contributed by atoms with Crippen molar-refractivity contribution >= 4 is 11.8 Å². The van der Waals surface area contributed by atoms with Gasteiger partial charge >= 0.3 is 0 Å². The van der Waals surface area contributed by atoms with Crippen molar-refractivity contribution in [2.45, 2.75) is 42.5 Å². The molecule has 0 bridgehead atoms. The summed E-state index contributed by atoms with van der Waals surface area (Å²) >= 11 is 1.88. The zero-order valence-electron chi connectivity index (χ0n) is 11.9. The average molecular weight is 301 g/mol. The Balaban J connectivity index is 1.57. The highest BCUT2D eigenvalue weighted by Gasteiger charge is 2.30. The van der Waals surface area contributed by atoms with E-state index in [2.05, 4.69) is 34.7 Å². The zero-order chi connectivity index (χ0) is 14.1. The van der Waals surface area contributed by atoms with Gasteiger partial charge in [-0.2, -0.15) is 4.98 Å². The number of fused-ring (bicyclic) bond motifs is 1. The Morgan fingerprint density at radius 2 is 2.14 bits per heavy atom. The third kappa shape index (κ3) is 2.60. The summed E-state index contributed by atoms with van der Waals surface area (Å²) in [5, 5.41) is 7.77. The lowest BCUT2D eigenvalue weighted by atomic mass is 10.0. The summed E-state index contributed by atoms with van der Waals surface area (Å²) in [7, 11) is 0. The summed E-state index contributed by atoms with van der Waals surface area (Å²) in [4.78, 5) is 6.05. The maximum atomic E-state index is 5.59. The fraction of sp³-hybridized carbons (Fsp3) is 0.500. The van der Waals surface area contributed by atoms with E-state index >= 15 is 0 Å². The van der Waals surface area contributed by atoms with Crippen LogP contribution in [0.15, 0.2) is 33.7 Å². The van der Waals surface area contributed by atoms with E-state index in [1.807, 2.05) is 11.8 Å². The second kappa shape index (κ2) is 5.81. The number of thioether (sulfide) groups is 1. The standard InChI is InChI=1S/C16H19N3OS/c1-2-7-13(17-9-5-1)15-18-16(20-19-15)12-10-21-14-8-4-3-6-11(12)14/h3-4,6,8,12-13,17H,1-2,5,7,9-10H2. The molecule has 5 heteroatoms. The van der Waals surface area contributed by atoms with Crippen molar-refractivity contribution in [1.29, 1.82) is 0 Å². The van der Waals surface area contributed by atoms with E-state index in [9.17, 15) is 0 Å². The van der Waals surface area contributed by atoms with Gasteiger partial charge in [0.25, 0.3) is 0 Å². The molecule has 2 aliphatic heterocycles. The van der Waals surface area contributed by atoms with Crippen LogP contribution in [0, 0.1) is 0 Å². The van der Waals surface area contributed by atoms with Crippen molar-refractivity contribution in [2.24, 2.45) is 0 Å². The van der Waals surface area contributed by atoms with E-state index in [0.29, 0.717) is 0 Å². The highest BCUT2D eigenvalue weighted by Crippen LogP contribution is 2.42. The van der Waals surface area contributed by atoms with Gasteiger partial charge in [-0.25, -0.2) is 0 Å². The predicted octanol–water partition coefficient (Wildman–Crippen LogP) is 3.51. The van der Waals surface area contributed by atoms with E-state index in [4.69, 9.17) is 9.51 Å². The van der Waals surface area contributed by atoms with Crippen LogP contribution in [-0.4, -0.2) is 22.4 Å². The highest BCUT2D eigenvalue weighted by atomic mass is 32.2. The molecule has 0 amide bonds. The Morgan fingerprint density at radius 1 is 1.19 bits per heavy atom. The maximum Gasteiger partial charge on any atom is 0.235 e. The molecule has 1 saturated heterocycles. The minimum absolute atomic E-state index is 0.248. The van der Waals surface area contributed by atoms with Gasteiger partial charge in [-0.05, 0) is 31.0 Å². The average Bonchev–Trinajstić information content (AvgIpc) is 3.07. The third-order valence-corrected chi connectivity index (χ3v) is 5.51.